The number of carbonyl (C=O) groups is 3. The summed E-state index contributed by atoms with van der Waals surface area (Å²) in [5.74, 6) is -2.40. The largest absolute Gasteiger partial charge is 0.478 e. The Kier molecular flexibility index (Phi) is 6.30. The second kappa shape index (κ2) is 8.41. The third-order valence-electron chi connectivity index (χ3n) is 5.63. The van der Waals surface area contributed by atoms with Crippen LogP contribution in [0.15, 0.2) is 4.21 Å². The van der Waals surface area contributed by atoms with Crippen molar-refractivity contribution >= 4 is 39.2 Å². The van der Waals surface area contributed by atoms with Crippen LogP contribution in [0.1, 0.15) is 57.7 Å². The predicted molar refractivity (Wildman–Crippen MR) is 105 cm³/mol. The molecule has 1 aliphatic heterocycles. The molecule has 0 radical (unpaired) electrons. The first kappa shape index (κ1) is 21.7. The Morgan fingerprint density at radius 2 is 1.62 bits per heavy atom. The van der Waals surface area contributed by atoms with Crippen molar-refractivity contribution in [3.63, 3.8) is 0 Å². The van der Waals surface area contributed by atoms with E-state index in [2.05, 4.69) is 0 Å². The van der Waals surface area contributed by atoms with Gasteiger partial charge in [0.25, 0.3) is 10.0 Å². The summed E-state index contributed by atoms with van der Waals surface area (Å²) in [7, 11) is -4.17. The Hall–Kier alpha value is -1.98. The highest BCUT2D eigenvalue weighted by Gasteiger charge is 2.37. The van der Waals surface area contributed by atoms with Gasteiger partial charge in [-0.05, 0) is 31.2 Å². The fraction of sp³-hybridized carbons (Fsp3) is 0.611. The SMILES string of the molecule is Cc1c(C(=O)O)sc(S(=O)(=O)N2CCN(C(=O)CC3CCCC3)CC2)c1C(=O)O. The number of carbonyl (C=O) groups excluding carboxylic acids is 1. The number of carboxylic acids is 2. The van der Waals surface area contributed by atoms with Gasteiger partial charge in [-0.3, -0.25) is 4.79 Å². The van der Waals surface area contributed by atoms with Gasteiger partial charge in [0.05, 0.1) is 5.56 Å². The molecule has 0 spiro atoms. The molecule has 2 aliphatic rings. The van der Waals surface area contributed by atoms with Crippen molar-refractivity contribution in [3.8, 4) is 0 Å². The molecule has 1 aromatic heterocycles. The molecule has 0 atom stereocenters. The third-order valence-corrected chi connectivity index (χ3v) is 9.30. The third kappa shape index (κ3) is 4.31. The Morgan fingerprint density at radius 3 is 2.14 bits per heavy atom. The maximum absolute atomic E-state index is 13.0. The van der Waals surface area contributed by atoms with Gasteiger partial charge in [0.15, 0.2) is 4.21 Å². The summed E-state index contributed by atoms with van der Waals surface area (Å²) in [6, 6.07) is 0. The van der Waals surface area contributed by atoms with Crippen molar-refractivity contribution in [3.05, 3.63) is 16.0 Å². The molecule has 2 heterocycles. The van der Waals surface area contributed by atoms with E-state index in [0.29, 0.717) is 23.7 Å². The number of nitrogens with zero attached hydrogens (tertiary/aromatic N) is 2. The van der Waals surface area contributed by atoms with Crippen LogP contribution in [-0.2, 0) is 14.8 Å². The van der Waals surface area contributed by atoms with Gasteiger partial charge in [0.2, 0.25) is 5.91 Å². The molecule has 29 heavy (non-hydrogen) atoms. The van der Waals surface area contributed by atoms with Gasteiger partial charge < -0.3 is 15.1 Å². The van der Waals surface area contributed by atoms with Gasteiger partial charge in [-0.15, -0.1) is 11.3 Å². The second-order valence-corrected chi connectivity index (χ2v) is 10.6. The molecule has 1 saturated carbocycles. The number of amides is 1. The average molecular weight is 445 g/mol. The Labute approximate surface area is 173 Å². The zero-order chi connectivity index (χ0) is 21.3. The van der Waals surface area contributed by atoms with E-state index in [1.807, 2.05) is 0 Å². The van der Waals surface area contributed by atoms with Crippen LogP contribution in [0.4, 0.5) is 0 Å². The summed E-state index contributed by atoms with van der Waals surface area (Å²) in [6.45, 7) is 1.88. The molecule has 0 bridgehead atoms. The lowest BCUT2D eigenvalue weighted by atomic mass is 10.0. The molecule has 0 aromatic carbocycles. The number of thiophene rings is 1. The molecule has 1 saturated heterocycles. The number of sulfonamides is 1. The van der Waals surface area contributed by atoms with Gasteiger partial charge in [-0.2, -0.15) is 4.31 Å². The molecule has 2 N–H and O–H groups in total. The normalized spacial score (nSPS) is 18.9. The summed E-state index contributed by atoms with van der Waals surface area (Å²) in [6.07, 6.45) is 4.90. The predicted octanol–water partition coefficient (Wildman–Crippen LogP) is 1.87. The smallest absolute Gasteiger partial charge is 0.346 e. The minimum absolute atomic E-state index is 0.0281. The standard InChI is InChI=1S/C18H24N2O7S2/c1-11-14(16(22)23)18(28-15(11)17(24)25)29(26,27)20-8-6-19(7-9-20)13(21)10-12-4-2-3-5-12/h12H,2-10H2,1H3,(H,22,23)(H,24,25). The van der Waals surface area contributed by atoms with Gasteiger partial charge in [0.1, 0.15) is 4.88 Å². The molecule has 3 rings (SSSR count). The van der Waals surface area contributed by atoms with Gasteiger partial charge in [-0.25, -0.2) is 18.0 Å². The Balaban J connectivity index is 1.75. The van der Waals surface area contributed by atoms with Crippen molar-refractivity contribution in [2.45, 2.75) is 43.2 Å². The van der Waals surface area contributed by atoms with Crippen LogP contribution in [-0.4, -0.2) is 71.9 Å². The van der Waals surface area contributed by atoms with E-state index < -0.39 is 31.7 Å². The van der Waals surface area contributed by atoms with Crippen LogP contribution in [0.25, 0.3) is 0 Å². The van der Waals surface area contributed by atoms with E-state index in [1.165, 1.54) is 6.92 Å². The number of carboxylic acid groups (broad SMARTS) is 2. The van der Waals surface area contributed by atoms with Crippen molar-refractivity contribution < 1.29 is 33.0 Å². The topological polar surface area (TPSA) is 132 Å². The molecular formula is C18H24N2O7S2. The number of hydrogen-bond acceptors (Lipinski definition) is 6. The van der Waals surface area contributed by atoms with E-state index in [4.69, 9.17) is 0 Å². The van der Waals surface area contributed by atoms with Crippen molar-refractivity contribution in [2.75, 3.05) is 26.2 Å². The van der Waals surface area contributed by atoms with E-state index >= 15 is 0 Å². The highest BCUT2D eigenvalue weighted by Crippen LogP contribution is 2.34. The summed E-state index contributed by atoms with van der Waals surface area (Å²) in [5.41, 5.74) is -0.564. The highest BCUT2D eigenvalue weighted by molar-refractivity contribution is 7.91. The first-order valence-corrected chi connectivity index (χ1v) is 11.8. The lowest BCUT2D eigenvalue weighted by Crippen LogP contribution is -2.50. The summed E-state index contributed by atoms with van der Waals surface area (Å²) >= 11 is 0.461. The van der Waals surface area contributed by atoms with E-state index in [9.17, 15) is 33.0 Å². The van der Waals surface area contributed by atoms with Crippen LogP contribution in [0.2, 0.25) is 0 Å². The summed E-state index contributed by atoms with van der Waals surface area (Å²) < 4.78 is 26.7. The number of rotatable bonds is 6. The molecular weight excluding hydrogens is 420 g/mol. The molecule has 1 aliphatic carbocycles. The number of piperazine rings is 1. The first-order chi connectivity index (χ1) is 13.6. The summed E-state index contributed by atoms with van der Waals surface area (Å²) in [5, 5.41) is 18.7. The highest BCUT2D eigenvalue weighted by atomic mass is 32.2. The zero-order valence-electron chi connectivity index (χ0n) is 16.1. The van der Waals surface area contributed by atoms with E-state index in [-0.39, 0.29) is 42.5 Å². The lowest BCUT2D eigenvalue weighted by Gasteiger charge is -2.34. The minimum atomic E-state index is -4.17. The van der Waals surface area contributed by atoms with E-state index in [1.54, 1.807) is 4.90 Å². The second-order valence-electron chi connectivity index (χ2n) is 7.47. The monoisotopic (exact) mass is 444 g/mol. The molecule has 1 amide bonds. The van der Waals surface area contributed by atoms with Crippen LogP contribution in [0.5, 0.6) is 0 Å². The maximum Gasteiger partial charge on any atom is 0.346 e. The number of hydrogen-bond donors (Lipinski definition) is 2. The van der Waals surface area contributed by atoms with Crippen molar-refractivity contribution in [1.82, 2.24) is 9.21 Å². The maximum atomic E-state index is 13.0. The van der Waals surface area contributed by atoms with E-state index in [0.717, 1.165) is 30.0 Å². The number of aromatic carboxylic acids is 2. The van der Waals surface area contributed by atoms with Gasteiger partial charge >= 0.3 is 11.9 Å². The van der Waals surface area contributed by atoms with Crippen LogP contribution in [0.3, 0.4) is 0 Å². The van der Waals surface area contributed by atoms with Crippen LogP contribution in [0, 0.1) is 12.8 Å². The van der Waals surface area contributed by atoms with Crippen LogP contribution < -0.4 is 0 Å². The van der Waals surface area contributed by atoms with Crippen LogP contribution >= 0.6 is 11.3 Å². The fourth-order valence-electron chi connectivity index (χ4n) is 4.01. The molecule has 160 valence electrons. The Morgan fingerprint density at radius 1 is 1.03 bits per heavy atom. The molecule has 2 fully saturated rings. The fourth-order valence-corrected chi connectivity index (χ4v) is 7.24. The average Bonchev–Trinajstić information content (AvgIpc) is 3.29. The zero-order valence-corrected chi connectivity index (χ0v) is 17.7. The van der Waals surface area contributed by atoms with Crippen molar-refractivity contribution in [2.24, 2.45) is 5.92 Å². The molecule has 9 nitrogen and oxygen atoms in total. The first-order valence-electron chi connectivity index (χ1n) is 9.50. The summed E-state index contributed by atoms with van der Waals surface area (Å²) in [4.78, 5) is 36.8. The Bertz CT molecular complexity index is 924. The molecule has 1 aromatic rings. The molecule has 11 heteroatoms. The van der Waals surface area contributed by atoms with Gasteiger partial charge in [0, 0.05) is 32.6 Å². The molecule has 0 unspecified atom stereocenters. The van der Waals surface area contributed by atoms with Crippen molar-refractivity contribution in [1.29, 1.82) is 0 Å². The lowest BCUT2D eigenvalue weighted by molar-refractivity contribution is -0.133. The minimum Gasteiger partial charge on any atom is -0.478 e. The van der Waals surface area contributed by atoms with Gasteiger partial charge in [-0.1, -0.05) is 12.8 Å². The quantitative estimate of drug-likeness (QED) is 0.684.